The minimum atomic E-state index is -3.62. The van der Waals surface area contributed by atoms with E-state index in [1.807, 2.05) is 48.5 Å². The predicted molar refractivity (Wildman–Crippen MR) is 133 cm³/mol. The Morgan fingerprint density at radius 3 is 2.42 bits per heavy atom. The summed E-state index contributed by atoms with van der Waals surface area (Å²) in [5, 5.41) is 8.76. The van der Waals surface area contributed by atoms with Crippen molar-refractivity contribution in [1.82, 2.24) is 0 Å². The first-order valence-electron chi connectivity index (χ1n) is 9.74. The lowest BCUT2D eigenvalue weighted by Gasteiger charge is -2.11. The SMILES string of the molecule is CS(=O)(=O)Oc1cccc(/C(=C\CSc2ccc(OCC(=O)O)c(Br)c2)c2ccccc2)c1. The van der Waals surface area contributed by atoms with Crippen LogP contribution >= 0.6 is 27.7 Å². The second-order valence-corrected chi connectivity index (χ2v) is 10.4. The molecule has 0 amide bonds. The van der Waals surface area contributed by atoms with E-state index in [1.54, 1.807) is 36.0 Å². The van der Waals surface area contributed by atoms with Gasteiger partial charge in [0.15, 0.2) is 6.61 Å². The van der Waals surface area contributed by atoms with E-state index in [9.17, 15) is 13.2 Å². The van der Waals surface area contributed by atoms with E-state index in [1.165, 1.54) is 0 Å². The summed E-state index contributed by atoms with van der Waals surface area (Å²) >= 11 is 5.01. The second kappa shape index (κ2) is 11.4. The number of ether oxygens (including phenoxy) is 1. The average Bonchev–Trinajstić information content (AvgIpc) is 2.75. The molecule has 1 N–H and O–H groups in total. The van der Waals surface area contributed by atoms with E-state index < -0.39 is 22.7 Å². The molecule has 0 atom stereocenters. The summed E-state index contributed by atoms with van der Waals surface area (Å²) < 4.78 is 34.0. The van der Waals surface area contributed by atoms with Crippen LogP contribution in [0.1, 0.15) is 11.1 Å². The third-order valence-corrected chi connectivity index (χ3v) is 6.30. The summed E-state index contributed by atoms with van der Waals surface area (Å²) in [6, 6.07) is 22.2. The smallest absolute Gasteiger partial charge is 0.341 e. The Morgan fingerprint density at radius 2 is 1.76 bits per heavy atom. The van der Waals surface area contributed by atoms with Gasteiger partial charge in [-0.25, -0.2) is 4.79 Å². The van der Waals surface area contributed by atoms with Crippen molar-refractivity contribution in [3.63, 3.8) is 0 Å². The van der Waals surface area contributed by atoms with E-state index in [4.69, 9.17) is 14.0 Å². The van der Waals surface area contributed by atoms with Crippen LogP contribution < -0.4 is 8.92 Å². The van der Waals surface area contributed by atoms with Crippen molar-refractivity contribution in [2.24, 2.45) is 0 Å². The topological polar surface area (TPSA) is 89.9 Å². The molecule has 0 unspecified atom stereocenters. The predicted octanol–water partition coefficient (Wildman–Crippen LogP) is 5.47. The molecule has 9 heteroatoms. The number of halogens is 1. The van der Waals surface area contributed by atoms with Gasteiger partial charge in [0.05, 0.1) is 10.7 Å². The molecule has 0 aliphatic heterocycles. The van der Waals surface area contributed by atoms with Crippen molar-refractivity contribution >= 4 is 49.4 Å². The van der Waals surface area contributed by atoms with Crippen LogP contribution in [0.15, 0.2) is 88.2 Å². The Morgan fingerprint density at radius 1 is 1.03 bits per heavy atom. The molecule has 6 nitrogen and oxygen atoms in total. The Labute approximate surface area is 205 Å². The highest BCUT2D eigenvalue weighted by atomic mass is 79.9. The van der Waals surface area contributed by atoms with Crippen LogP contribution in [-0.2, 0) is 14.9 Å². The van der Waals surface area contributed by atoms with E-state index in [2.05, 4.69) is 22.0 Å². The summed E-state index contributed by atoms with van der Waals surface area (Å²) in [7, 11) is -3.62. The maximum Gasteiger partial charge on any atom is 0.341 e. The van der Waals surface area contributed by atoms with Crippen LogP contribution in [0.25, 0.3) is 5.57 Å². The fourth-order valence-electron chi connectivity index (χ4n) is 2.96. The monoisotopic (exact) mass is 548 g/mol. The molecule has 172 valence electrons. The number of carbonyl (C=O) groups is 1. The van der Waals surface area contributed by atoms with Gasteiger partial charge in [0, 0.05) is 10.6 Å². The zero-order chi connectivity index (χ0) is 23.8. The van der Waals surface area contributed by atoms with Gasteiger partial charge in [-0.15, -0.1) is 11.8 Å². The number of carboxylic acids is 1. The highest BCUT2D eigenvalue weighted by Crippen LogP contribution is 2.32. The lowest BCUT2D eigenvalue weighted by molar-refractivity contribution is -0.139. The van der Waals surface area contributed by atoms with E-state index in [0.29, 0.717) is 16.0 Å². The van der Waals surface area contributed by atoms with E-state index in [0.717, 1.165) is 27.9 Å². The highest BCUT2D eigenvalue weighted by Gasteiger charge is 2.10. The van der Waals surface area contributed by atoms with Crippen molar-refractivity contribution < 1.29 is 27.2 Å². The number of carboxylic acid groups (broad SMARTS) is 1. The first-order valence-corrected chi connectivity index (χ1v) is 13.3. The quantitative estimate of drug-likeness (QED) is 0.265. The molecule has 0 bridgehead atoms. The van der Waals surface area contributed by atoms with Crippen molar-refractivity contribution in [2.75, 3.05) is 18.6 Å². The third kappa shape index (κ3) is 7.96. The number of rotatable bonds is 10. The molecule has 33 heavy (non-hydrogen) atoms. The van der Waals surface area contributed by atoms with Gasteiger partial charge >= 0.3 is 16.1 Å². The number of hydrogen-bond acceptors (Lipinski definition) is 6. The van der Waals surface area contributed by atoms with Gasteiger partial charge in [-0.2, -0.15) is 8.42 Å². The van der Waals surface area contributed by atoms with E-state index in [-0.39, 0.29) is 5.75 Å². The molecule has 0 aromatic heterocycles. The zero-order valence-corrected chi connectivity index (χ0v) is 20.8. The molecule has 3 aromatic carbocycles. The Hall–Kier alpha value is -2.75. The van der Waals surface area contributed by atoms with Crippen LogP contribution in [0.5, 0.6) is 11.5 Å². The standard InChI is InChI=1S/C24H21BrO6S2/c1-33(28,29)31-19-9-5-8-18(14-19)21(17-6-3-2-4-7-17)12-13-32-20-10-11-23(22(25)15-20)30-16-24(26)27/h2-12,14-15H,13,16H2,1H3,(H,26,27)/b21-12-. The molecule has 0 aliphatic carbocycles. The molecule has 0 saturated carbocycles. The van der Waals surface area contributed by atoms with E-state index >= 15 is 0 Å². The summed E-state index contributed by atoms with van der Waals surface area (Å²) in [4.78, 5) is 11.7. The minimum Gasteiger partial charge on any atom is -0.481 e. The van der Waals surface area contributed by atoms with Crippen molar-refractivity contribution in [2.45, 2.75) is 4.90 Å². The van der Waals surface area contributed by atoms with Crippen LogP contribution in [0, 0.1) is 0 Å². The van der Waals surface area contributed by atoms with Gasteiger partial charge in [0.1, 0.15) is 11.5 Å². The molecule has 3 aromatic rings. The van der Waals surface area contributed by atoms with Crippen LogP contribution in [0.4, 0.5) is 0 Å². The molecule has 0 spiro atoms. The summed E-state index contributed by atoms with van der Waals surface area (Å²) in [5.74, 6) is 0.323. The lowest BCUT2D eigenvalue weighted by atomic mass is 9.98. The molecule has 0 fully saturated rings. The normalized spacial score (nSPS) is 11.8. The Balaban J connectivity index is 1.82. The van der Waals surface area contributed by atoms with Crippen LogP contribution in [0.2, 0.25) is 0 Å². The Bertz CT molecular complexity index is 1260. The summed E-state index contributed by atoms with van der Waals surface area (Å²) in [5.41, 5.74) is 2.78. The first-order chi connectivity index (χ1) is 15.7. The largest absolute Gasteiger partial charge is 0.481 e. The minimum absolute atomic E-state index is 0.255. The number of thioether (sulfide) groups is 1. The van der Waals surface area contributed by atoms with Gasteiger partial charge in [-0.1, -0.05) is 48.5 Å². The summed E-state index contributed by atoms with van der Waals surface area (Å²) in [6.45, 7) is -0.406. The maximum absolute atomic E-state index is 11.5. The fourth-order valence-corrected chi connectivity index (χ4v) is 4.87. The number of aliphatic carboxylic acids is 1. The molecule has 0 radical (unpaired) electrons. The van der Waals surface area contributed by atoms with Crippen LogP contribution in [0.3, 0.4) is 0 Å². The third-order valence-electron chi connectivity index (χ3n) is 4.27. The van der Waals surface area contributed by atoms with Crippen molar-refractivity contribution in [1.29, 1.82) is 0 Å². The molecular weight excluding hydrogens is 528 g/mol. The van der Waals surface area contributed by atoms with Crippen molar-refractivity contribution in [3.8, 4) is 11.5 Å². The first kappa shape index (κ1) is 24.9. The molecule has 0 heterocycles. The highest BCUT2D eigenvalue weighted by molar-refractivity contribution is 9.10. The van der Waals surface area contributed by atoms with Gasteiger partial charge in [-0.05, 0) is 63.0 Å². The molecule has 0 saturated heterocycles. The van der Waals surface area contributed by atoms with Gasteiger partial charge in [0.25, 0.3) is 0 Å². The van der Waals surface area contributed by atoms with Gasteiger partial charge in [-0.3, -0.25) is 0 Å². The average molecular weight is 549 g/mol. The Kier molecular flexibility index (Phi) is 8.60. The maximum atomic E-state index is 11.5. The lowest BCUT2D eigenvalue weighted by Crippen LogP contribution is -2.09. The molecule has 3 rings (SSSR count). The zero-order valence-electron chi connectivity index (χ0n) is 17.6. The fraction of sp³-hybridized carbons (Fsp3) is 0.125. The molecule has 0 aliphatic rings. The van der Waals surface area contributed by atoms with Crippen molar-refractivity contribution in [3.05, 3.63) is 94.5 Å². The summed E-state index contributed by atoms with van der Waals surface area (Å²) in [6.07, 6.45) is 3.09. The van der Waals surface area contributed by atoms with Gasteiger partial charge < -0.3 is 14.0 Å². The number of hydrogen-bond donors (Lipinski definition) is 1. The molecular formula is C24H21BrO6S2. The van der Waals surface area contributed by atoms with Crippen LogP contribution in [-0.4, -0.2) is 38.1 Å². The second-order valence-electron chi connectivity index (χ2n) is 6.88. The number of benzene rings is 3. The van der Waals surface area contributed by atoms with Gasteiger partial charge in [0.2, 0.25) is 0 Å².